The number of aromatic amines is 1. The number of nitrogens with one attached hydrogen (secondary N) is 2. The van der Waals surface area contributed by atoms with Crippen LogP contribution < -0.4 is 20.6 Å². The zero-order valence-corrected chi connectivity index (χ0v) is 49.1. The van der Waals surface area contributed by atoms with Crippen molar-refractivity contribution in [1.29, 1.82) is 0 Å². The second kappa shape index (κ2) is 33.1. The Hall–Kier alpha value is -6.06. The fourth-order valence-corrected chi connectivity index (χ4v) is 10.9. The molecule has 4 saturated heterocycles. The highest BCUT2D eigenvalue weighted by atomic mass is 19.1. The van der Waals surface area contributed by atoms with Gasteiger partial charge in [0.1, 0.15) is 48.8 Å². The largest absolute Gasteiger partial charge is 0.497 e. The summed E-state index contributed by atoms with van der Waals surface area (Å²) in [6.07, 6.45) is 27.8. The van der Waals surface area contributed by atoms with E-state index in [1.807, 2.05) is 4.90 Å². The van der Waals surface area contributed by atoms with Crippen molar-refractivity contribution < 1.29 is 51.3 Å². The van der Waals surface area contributed by atoms with Crippen LogP contribution in [0.25, 0.3) is 32.9 Å². The molecule has 81 heavy (non-hydrogen) atoms. The molecular weight excluding hydrogens is 1040 g/mol. The predicted molar refractivity (Wildman–Crippen MR) is 312 cm³/mol. The number of piperazine rings is 1. The smallest absolute Gasteiger partial charge is 0.347 e. The van der Waals surface area contributed by atoms with Crippen molar-refractivity contribution in [3.05, 3.63) is 58.1 Å². The van der Waals surface area contributed by atoms with E-state index in [9.17, 15) is 32.8 Å². The molecule has 0 aliphatic carbocycles. The molecule has 0 saturated carbocycles. The number of aldehydes is 1. The van der Waals surface area contributed by atoms with Gasteiger partial charge in [-0.25, -0.2) is 18.0 Å². The van der Waals surface area contributed by atoms with Gasteiger partial charge in [-0.2, -0.15) is 4.98 Å². The van der Waals surface area contributed by atoms with Crippen molar-refractivity contribution in [3.63, 3.8) is 0 Å². The lowest BCUT2D eigenvalue weighted by Crippen LogP contribution is -2.51. The Labute approximate surface area is 477 Å². The number of methoxy groups -OCH3 is 1. The number of aromatic nitrogens is 3. The molecule has 4 aliphatic heterocycles. The van der Waals surface area contributed by atoms with E-state index in [0.29, 0.717) is 78.7 Å². The second-order valence-corrected chi connectivity index (χ2v) is 23.0. The lowest BCUT2D eigenvalue weighted by molar-refractivity contribution is -0.159. The summed E-state index contributed by atoms with van der Waals surface area (Å²) in [4.78, 5) is 72.0. The van der Waals surface area contributed by atoms with E-state index in [4.69, 9.17) is 25.4 Å². The van der Waals surface area contributed by atoms with Crippen LogP contribution in [0.1, 0.15) is 182 Å². The number of carbonyl (C=O) groups excluding carboxylic acids is 4. The Bertz CT molecular complexity index is 2730. The SMILES string of the molecule is C#Cc1c(F)ccc2cc(OC)cc(-c3ncc4c(N5CC6CCC(C5)N6)nc(=O)[nH]c4c3F)c12.CCC(C)(C)CC=O.CCCCCCCCC(=O)OCC(COC(=O)CCCCCCCC)OC=O.C[C@@]12CCCN1C[C@H](F)C2. The van der Waals surface area contributed by atoms with Gasteiger partial charge in [0.15, 0.2) is 11.9 Å². The molecule has 446 valence electrons. The minimum Gasteiger partial charge on any atom is -0.497 e. The quantitative estimate of drug-likeness (QED) is 0.0199. The molecule has 0 radical (unpaired) electrons. The summed E-state index contributed by atoms with van der Waals surface area (Å²) >= 11 is 0. The molecular formula is C63H89F3N6O9. The maximum Gasteiger partial charge on any atom is 0.347 e. The van der Waals surface area contributed by atoms with Crippen molar-refractivity contribution >= 4 is 52.2 Å². The van der Waals surface area contributed by atoms with Gasteiger partial charge in [0.25, 0.3) is 6.47 Å². The molecule has 0 spiro atoms. The van der Waals surface area contributed by atoms with E-state index in [2.05, 4.69) is 72.6 Å². The Morgan fingerprint density at radius 1 is 0.914 bits per heavy atom. The first-order valence-corrected chi connectivity index (χ1v) is 29.5. The summed E-state index contributed by atoms with van der Waals surface area (Å²) in [5.41, 5.74) is -0.00369. The van der Waals surface area contributed by atoms with Crippen molar-refractivity contribution in [3.8, 4) is 29.4 Å². The third-order valence-corrected chi connectivity index (χ3v) is 16.0. The number of alkyl halides is 1. The Morgan fingerprint density at radius 3 is 2.07 bits per heavy atom. The standard InChI is InChI=1S/C26H21F2N5O2.C22H40O6.C8H14FN.C7H14O/c1-3-17-20(27)7-4-13-8-16(35-2)9-18(21(13)17)23-22(28)24-19(10-29-23)25(32-26(34)31-24)33-11-14-5-6-15(12-33)30-14;1-3-5-7-9-11-13-15-21(24)26-17-20(28-19-23)18-27-22(25)16-14-12-10-8-6-4-2;1-8-3-2-4-10(8)6-7(9)5-8;1-4-7(2,3)5-6-8/h1,4,7-10,14-15,30H,5-6,11-12H2,2H3,(H,31,32,34);19-20H,3-18H2,1-2H3;7H,2-6H2,1H3;6H,4-5H2,1-3H3/t;;7-,8+;/m..1./s1. The predicted octanol–water partition coefficient (Wildman–Crippen LogP) is 12.1. The van der Waals surface area contributed by atoms with Crippen molar-refractivity contribution in [1.82, 2.24) is 25.2 Å². The van der Waals surface area contributed by atoms with Crippen LogP contribution in [0, 0.1) is 29.4 Å². The first-order valence-electron chi connectivity index (χ1n) is 29.5. The van der Waals surface area contributed by atoms with Crippen LogP contribution in [0.4, 0.5) is 19.0 Å². The molecule has 0 amide bonds. The van der Waals surface area contributed by atoms with Crippen LogP contribution >= 0.6 is 0 Å². The van der Waals surface area contributed by atoms with E-state index in [-0.39, 0.29) is 64.9 Å². The number of H-pyrrole nitrogens is 1. The Kier molecular flexibility index (Phi) is 26.9. The van der Waals surface area contributed by atoms with Crippen LogP contribution in [0.2, 0.25) is 0 Å². The summed E-state index contributed by atoms with van der Waals surface area (Å²) in [6, 6.07) is 6.69. The molecule has 2 aromatic carbocycles. The summed E-state index contributed by atoms with van der Waals surface area (Å²) in [5.74, 6) is 1.25. The maximum atomic E-state index is 16.1. The summed E-state index contributed by atoms with van der Waals surface area (Å²) in [7, 11) is 1.48. The molecule has 8 rings (SSSR count). The van der Waals surface area contributed by atoms with Gasteiger partial charge < -0.3 is 38.9 Å². The third kappa shape index (κ3) is 19.8. The van der Waals surface area contributed by atoms with Gasteiger partial charge in [0, 0.05) is 73.7 Å². The average Bonchev–Trinajstić information content (AvgIpc) is 3.79. The second-order valence-electron chi connectivity index (χ2n) is 23.0. The minimum absolute atomic E-state index is 0.00153. The number of anilines is 1. The van der Waals surface area contributed by atoms with Gasteiger partial charge in [-0.15, -0.1) is 6.42 Å². The number of halogens is 3. The van der Waals surface area contributed by atoms with Crippen LogP contribution in [-0.4, -0.2) is 121 Å². The van der Waals surface area contributed by atoms with Crippen molar-refractivity contribution in [2.24, 2.45) is 5.41 Å². The topological polar surface area (TPSA) is 182 Å². The summed E-state index contributed by atoms with van der Waals surface area (Å²) < 4.78 is 64.0. The number of benzene rings is 2. The molecule has 4 aliphatic rings. The van der Waals surface area contributed by atoms with Crippen LogP contribution in [0.15, 0.2) is 35.3 Å². The van der Waals surface area contributed by atoms with Gasteiger partial charge in [0.05, 0.1) is 23.6 Å². The molecule has 18 heteroatoms. The summed E-state index contributed by atoms with van der Waals surface area (Å²) in [6.45, 7) is 16.1. The Morgan fingerprint density at radius 2 is 1.53 bits per heavy atom. The van der Waals surface area contributed by atoms with Crippen LogP contribution in [0.5, 0.6) is 5.75 Å². The normalized spacial score (nSPS) is 19.1. The Balaban J connectivity index is 0.000000231. The van der Waals surface area contributed by atoms with Gasteiger partial charge >= 0.3 is 17.6 Å². The highest BCUT2D eigenvalue weighted by molar-refractivity contribution is 6.03. The minimum atomic E-state index is -0.750. The number of pyridine rings is 1. The van der Waals surface area contributed by atoms with Crippen LogP contribution in [0.3, 0.4) is 0 Å². The first kappa shape index (κ1) is 65.7. The van der Waals surface area contributed by atoms with Gasteiger partial charge in [0.2, 0.25) is 0 Å². The third-order valence-electron chi connectivity index (χ3n) is 16.0. The molecule has 4 aromatic rings. The number of unbranched alkanes of at least 4 members (excludes halogenated alkanes) is 10. The molecule has 15 nitrogen and oxygen atoms in total. The molecule has 4 atom stereocenters. The number of fused-ring (bicyclic) bond motifs is 5. The van der Waals surface area contributed by atoms with E-state index in [1.165, 1.54) is 70.7 Å². The fraction of sp³-hybridized carbons (Fsp3) is 0.635. The lowest BCUT2D eigenvalue weighted by atomic mass is 9.87. The van der Waals surface area contributed by atoms with E-state index in [0.717, 1.165) is 77.0 Å². The van der Waals surface area contributed by atoms with E-state index < -0.39 is 29.6 Å². The van der Waals surface area contributed by atoms with E-state index >= 15 is 4.39 Å². The first-order chi connectivity index (χ1) is 38.9. The lowest BCUT2D eigenvalue weighted by Gasteiger charge is -2.34. The van der Waals surface area contributed by atoms with Crippen molar-refractivity contribution in [2.45, 2.75) is 206 Å². The average molecular weight is 1130 g/mol. The number of hydrogen-bond acceptors (Lipinski definition) is 14. The number of hydrogen-bond donors (Lipinski definition) is 2. The number of esters is 2. The molecule has 6 heterocycles. The number of ether oxygens (including phenoxy) is 4. The van der Waals surface area contributed by atoms with E-state index in [1.54, 1.807) is 18.2 Å². The van der Waals surface area contributed by atoms with Gasteiger partial charge in [-0.3, -0.25) is 24.3 Å². The van der Waals surface area contributed by atoms with Crippen molar-refractivity contribution in [2.75, 3.05) is 51.4 Å². The number of carbonyl (C=O) groups is 4. The molecule has 2 aromatic heterocycles. The highest BCUT2D eigenvalue weighted by Gasteiger charge is 2.45. The van der Waals surface area contributed by atoms with Gasteiger partial charge in [-0.05, 0) is 87.4 Å². The van der Waals surface area contributed by atoms with Crippen LogP contribution in [-0.2, 0) is 33.4 Å². The monoisotopic (exact) mass is 1130 g/mol. The number of rotatable bonds is 26. The zero-order valence-electron chi connectivity index (χ0n) is 49.1. The molecule has 2 N–H and O–H groups in total. The zero-order chi connectivity index (χ0) is 59.0. The highest BCUT2D eigenvalue weighted by Crippen LogP contribution is 2.40. The maximum absolute atomic E-state index is 16.1. The van der Waals surface area contributed by atoms with Gasteiger partial charge in [-0.1, -0.05) is 117 Å². The number of nitrogens with zero attached hydrogens (tertiary/aromatic N) is 4. The molecule has 2 bridgehead atoms. The fourth-order valence-electron chi connectivity index (χ4n) is 10.9. The molecule has 2 unspecified atom stereocenters. The summed E-state index contributed by atoms with van der Waals surface area (Å²) in [5, 5.41) is 4.86. The number of terminal acetylenes is 1. The molecule has 4 fully saturated rings.